The number of carbonyl (C=O) groups excluding carboxylic acids is 1. The van der Waals surface area contributed by atoms with Crippen LogP contribution >= 0.6 is 0 Å². The van der Waals surface area contributed by atoms with E-state index in [1.807, 2.05) is 0 Å². The molecule has 0 radical (unpaired) electrons. The second-order valence-corrected chi connectivity index (χ2v) is 8.62. The lowest BCUT2D eigenvalue weighted by Crippen LogP contribution is -2.43. The number of imidazole rings is 1. The van der Waals surface area contributed by atoms with E-state index < -0.39 is 40.5 Å². The van der Waals surface area contributed by atoms with Crippen molar-refractivity contribution in [3.8, 4) is 11.6 Å². The largest absolute Gasteiger partial charge is 0.493 e. The Morgan fingerprint density at radius 1 is 1.27 bits per heavy atom. The summed E-state index contributed by atoms with van der Waals surface area (Å²) in [5, 5.41) is 10.8. The fourth-order valence-electron chi connectivity index (χ4n) is 4.32. The molecule has 1 saturated heterocycles. The van der Waals surface area contributed by atoms with Crippen molar-refractivity contribution < 1.29 is 23.1 Å². The molecule has 2 bridgehead atoms. The predicted molar refractivity (Wildman–Crippen MR) is 101 cm³/mol. The first-order valence-corrected chi connectivity index (χ1v) is 9.32. The van der Waals surface area contributed by atoms with Gasteiger partial charge in [-0.2, -0.15) is 13.2 Å². The van der Waals surface area contributed by atoms with Crippen molar-refractivity contribution >= 4 is 11.6 Å². The molecule has 2 aliphatic rings. The third kappa shape index (κ3) is 2.72. The summed E-state index contributed by atoms with van der Waals surface area (Å²) in [6.45, 7) is 12.6. The van der Waals surface area contributed by atoms with Crippen LogP contribution in [0, 0.1) is 12.0 Å². The summed E-state index contributed by atoms with van der Waals surface area (Å²) in [4.78, 5) is 30.2. The number of amides is 1. The SMILES string of the molecule is [C-]#[N+]c1ccc(-n2c(O)c3n(c2=O)C2C[C@H]3N(C(=O)C(C)(C)C)C2)cc1C(F)(F)F. The number of aromatic nitrogens is 2. The van der Waals surface area contributed by atoms with Gasteiger partial charge in [0.25, 0.3) is 0 Å². The molecule has 2 atom stereocenters. The maximum Gasteiger partial charge on any atom is 0.407 e. The number of rotatable bonds is 1. The lowest BCUT2D eigenvalue weighted by atomic mass is 9.94. The smallest absolute Gasteiger partial charge is 0.407 e. The summed E-state index contributed by atoms with van der Waals surface area (Å²) in [6, 6.07) is 1.99. The molecule has 0 spiro atoms. The summed E-state index contributed by atoms with van der Waals surface area (Å²) >= 11 is 0. The Morgan fingerprint density at radius 2 is 1.93 bits per heavy atom. The van der Waals surface area contributed by atoms with Gasteiger partial charge in [-0.25, -0.2) is 14.2 Å². The summed E-state index contributed by atoms with van der Waals surface area (Å²) in [7, 11) is 0. The molecule has 30 heavy (non-hydrogen) atoms. The molecule has 7 nitrogen and oxygen atoms in total. The number of halogens is 3. The van der Waals surface area contributed by atoms with Crippen molar-refractivity contribution in [2.45, 2.75) is 45.5 Å². The third-order valence-corrected chi connectivity index (χ3v) is 5.62. The van der Waals surface area contributed by atoms with Gasteiger partial charge in [0.05, 0.1) is 29.9 Å². The highest BCUT2D eigenvalue weighted by molar-refractivity contribution is 5.82. The molecular formula is C20H19F3N4O3. The Kier molecular flexibility index (Phi) is 4.11. The van der Waals surface area contributed by atoms with E-state index in [1.54, 1.807) is 25.7 Å². The number of aromatic hydroxyl groups is 1. The van der Waals surface area contributed by atoms with Crippen LogP contribution in [0.5, 0.6) is 5.88 Å². The molecule has 4 rings (SSSR count). The number of likely N-dealkylation sites (tertiary alicyclic amines) is 1. The van der Waals surface area contributed by atoms with Crippen LogP contribution in [0.3, 0.4) is 0 Å². The molecule has 1 N–H and O–H groups in total. The first-order valence-electron chi connectivity index (χ1n) is 9.32. The van der Waals surface area contributed by atoms with Crippen LogP contribution < -0.4 is 5.69 Å². The molecule has 3 heterocycles. The van der Waals surface area contributed by atoms with E-state index in [0.717, 1.165) is 10.6 Å². The number of hydrogen-bond donors (Lipinski definition) is 1. The summed E-state index contributed by atoms with van der Waals surface area (Å²) in [6.07, 6.45) is -4.31. The lowest BCUT2D eigenvalue weighted by molar-refractivity contribution is -0.141. The van der Waals surface area contributed by atoms with Crippen molar-refractivity contribution in [3.05, 3.63) is 51.4 Å². The number of nitrogens with zero attached hydrogens (tertiary/aromatic N) is 4. The third-order valence-electron chi connectivity index (χ3n) is 5.62. The second kappa shape index (κ2) is 6.14. The van der Waals surface area contributed by atoms with E-state index >= 15 is 0 Å². The highest BCUT2D eigenvalue weighted by Gasteiger charge is 2.50. The molecule has 2 aromatic rings. The van der Waals surface area contributed by atoms with Gasteiger partial charge in [0, 0.05) is 12.0 Å². The zero-order valence-electron chi connectivity index (χ0n) is 16.5. The van der Waals surface area contributed by atoms with Gasteiger partial charge in [0.2, 0.25) is 11.8 Å². The van der Waals surface area contributed by atoms with Gasteiger partial charge in [-0.05, 0) is 18.6 Å². The molecular weight excluding hydrogens is 401 g/mol. The van der Waals surface area contributed by atoms with Crippen LogP contribution in [-0.4, -0.2) is 31.6 Å². The molecule has 1 fully saturated rings. The minimum atomic E-state index is -4.79. The minimum Gasteiger partial charge on any atom is -0.493 e. The quantitative estimate of drug-likeness (QED) is 0.714. The standard InChI is InChI=1S/C20H19F3N4O3/c1-19(2,3)17(29)25-9-11-8-14(25)15-16(28)27(18(30)26(11)15)10-5-6-13(24-4)12(7-10)20(21,22)23/h5-7,11,14,28H,8-9H2,1-3H3/t11?,14-/m1/s1. The highest BCUT2D eigenvalue weighted by atomic mass is 19.4. The van der Waals surface area contributed by atoms with E-state index in [9.17, 15) is 27.9 Å². The minimum absolute atomic E-state index is 0.124. The van der Waals surface area contributed by atoms with Crippen molar-refractivity contribution in [2.75, 3.05) is 6.54 Å². The maximum absolute atomic E-state index is 13.3. The van der Waals surface area contributed by atoms with Crippen LogP contribution in [0.4, 0.5) is 18.9 Å². The maximum atomic E-state index is 13.3. The topological polar surface area (TPSA) is 71.8 Å². The molecule has 0 saturated carbocycles. The van der Waals surface area contributed by atoms with E-state index in [2.05, 4.69) is 4.85 Å². The van der Waals surface area contributed by atoms with Gasteiger partial charge >= 0.3 is 11.9 Å². The fraction of sp³-hybridized carbons (Fsp3) is 0.450. The highest BCUT2D eigenvalue weighted by Crippen LogP contribution is 2.50. The van der Waals surface area contributed by atoms with Gasteiger partial charge in [-0.3, -0.25) is 9.36 Å². The molecule has 0 aliphatic carbocycles. The first-order chi connectivity index (χ1) is 13.9. The van der Waals surface area contributed by atoms with Gasteiger partial charge in [-0.15, -0.1) is 0 Å². The van der Waals surface area contributed by atoms with Crippen LogP contribution in [-0.2, 0) is 11.0 Å². The average molecular weight is 420 g/mol. The Balaban J connectivity index is 1.84. The van der Waals surface area contributed by atoms with Gasteiger partial charge in [0.15, 0.2) is 5.69 Å². The molecule has 2 aliphatic heterocycles. The number of carbonyl (C=O) groups is 1. The number of fused-ring (bicyclic) bond motifs is 5. The van der Waals surface area contributed by atoms with E-state index in [-0.39, 0.29) is 23.3 Å². The van der Waals surface area contributed by atoms with Gasteiger partial charge in [-0.1, -0.05) is 26.8 Å². The zero-order valence-corrected chi connectivity index (χ0v) is 16.5. The number of alkyl halides is 3. The lowest BCUT2D eigenvalue weighted by Gasteiger charge is -2.32. The Hall–Kier alpha value is -3.22. The molecule has 158 valence electrons. The number of benzene rings is 1. The van der Waals surface area contributed by atoms with Crippen molar-refractivity contribution in [3.63, 3.8) is 0 Å². The van der Waals surface area contributed by atoms with Crippen molar-refractivity contribution in [1.29, 1.82) is 0 Å². The fourth-order valence-corrected chi connectivity index (χ4v) is 4.32. The van der Waals surface area contributed by atoms with Crippen molar-refractivity contribution in [2.24, 2.45) is 5.41 Å². The van der Waals surface area contributed by atoms with E-state index in [1.165, 1.54) is 10.6 Å². The monoisotopic (exact) mass is 420 g/mol. The Labute approximate surface area is 169 Å². The molecule has 1 aromatic carbocycles. The Bertz CT molecular complexity index is 1160. The Morgan fingerprint density at radius 3 is 2.50 bits per heavy atom. The summed E-state index contributed by atoms with van der Waals surface area (Å²) in [5.41, 5.74) is -3.04. The average Bonchev–Trinajstić information content (AvgIpc) is 3.30. The normalized spacial score (nSPS) is 20.4. The van der Waals surface area contributed by atoms with Gasteiger partial charge < -0.3 is 10.0 Å². The van der Waals surface area contributed by atoms with Crippen LogP contribution in [0.15, 0.2) is 23.0 Å². The summed E-state index contributed by atoms with van der Waals surface area (Å²) in [5.74, 6) is -0.607. The van der Waals surface area contributed by atoms with Crippen molar-refractivity contribution in [1.82, 2.24) is 14.0 Å². The van der Waals surface area contributed by atoms with Crippen LogP contribution in [0.2, 0.25) is 0 Å². The number of hydrogen-bond acceptors (Lipinski definition) is 3. The molecule has 1 unspecified atom stereocenters. The van der Waals surface area contributed by atoms with Crippen LogP contribution in [0.1, 0.15) is 50.5 Å². The van der Waals surface area contributed by atoms with Gasteiger partial charge in [0.1, 0.15) is 5.69 Å². The summed E-state index contributed by atoms with van der Waals surface area (Å²) < 4.78 is 42.2. The molecule has 1 amide bonds. The van der Waals surface area contributed by atoms with Crippen LogP contribution in [0.25, 0.3) is 10.5 Å². The zero-order chi connectivity index (χ0) is 22.2. The molecule has 10 heteroatoms. The second-order valence-electron chi connectivity index (χ2n) is 8.62. The first kappa shape index (κ1) is 20.1. The molecule has 1 aromatic heterocycles. The van der Waals surface area contributed by atoms with E-state index in [4.69, 9.17) is 6.57 Å². The van der Waals surface area contributed by atoms with E-state index in [0.29, 0.717) is 19.0 Å². The predicted octanol–water partition coefficient (Wildman–Crippen LogP) is 3.79.